The van der Waals surface area contributed by atoms with Gasteiger partial charge >= 0.3 is 0 Å². The molecule has 140 valence electrons. The molecule has 0 fully saturated rings. The van der Waals surface area contributed by atoms with E-state index < -0.39 is 0 Å². The zero-order chi connectivity index (χ0) is 19.4. The van der Waals surface area contributed by atoms with Crippen molar-refractivity contribution in [2.75, 3.05) is 14.2 Å². The van der Waals surface area contributed by atoms with Crippen LogP contribution in [0.5, 0.6) is 0 Å². The van der Waals surface area contributed by atoms with Crippen molar-refractivity contribution in [1.82, 2.24) is 0 Å². The molecule has 0 unspecified atom stereocenters. The largest absolute Gasteiger partial charge is 0.504 e. The van der Waals surface area contributed by atoms with Crippen LogP contribution >= 0.6 is 45.2 Å². The quantitative estimate of drug-likeness (QED) is 0.381. The molecule has 2 aromatic rings. The fourth-order valence-electron chi connectivity index (χ4n) is 1.88. The molecule has 6 heteroatoms. The maximum atomic E-state index is 8.94. The molecule has 0 saturated heterocycles. The first-order valence-corrected chi connectivity index (χ1v) is 9.88. The lowest BCUT2D eigenvalue weighted by Gasteiger charge is -2.01. The highest BCUT2D eigenvalue weighted by atomic mass is 127. The third-order valence-electron chi connectivity index (χ3n) is 3.29. The molecule has 0 saturated carbocycles. The number of methoxy groups -OCH3 is 2. The van der Waals surface area contributed by atoms with Gasteiger partial charge in [-0.15, -0.1) is 0 Å². The van der Waals surface area contributed by atoms with Gasteiger partial charge in [0.15, 0.2) is 0 Å². The van der Waals surface area contributed by atoms with E-state index in [0.29, 0.717) is 0 Å². The molecule has 0 heterocycles. The number of rotatable bonds is 6. The maximum absolute atomic E-state index is 8.94. The highest BCUT2D eigenvalue weighted by Crippen LogP contribution is 2.16. The molecule has 0 spiro atoms. The number of aliphatic hydroxyl groups excluding tert-OH is 2. The molecule has 26 heavy (non-hydrogen) atoms. The minimum atomic E-state index is 0.0898. The summed E-state index contributed by atoms with van der Waals surface area (Å²) in [5.41, 5.74) is 4.05. The molecule has 0 amide bonds. The lowest BCUT2D eigenvalue weighted by molar-refractivity contribution is 0.280. The predicted octanol–water partition coefficient (Wildman–Crippen LogP) is 4.80. The molecule has 4 nitrogen and oxygen atoms in total. The Labute approximate surface area is 181 Å². The summed E-state index contributed by atoms with van der Waals surface area (Å²) in [6.45, 7) is 0.180. The van der Waals surface area contributed by atoms with Crippen LogP contribution in [0.3, 0.4) is 0 Å². The highest BCUT2D eigenvalue weighted by molar-refractivity contribution is 14.1. The van der Waals surface area contributed by atoms with Crippen molar-refractivity contribution in [3.05, 3.63) is 78.3 Å². The van der Waals surface area contributed by atoms with Crippen LogP contribution in [0.2, 0.25) is 0 Å². The van der Waals surface area contributed by atoms with Gasteiger partial charge in [0.25, 0.3) is 0 Å². The number of aliphatic hydroxyl groups is 2. The molecule has 0 radical (unpaired) electrons. The standard InChI is InChI=1S/2C10H11IO2/c2*1-13-5-4-8-2-3-9(7-12)10(11)6-8/h2*2-6,12H,7H2,1H3/b5-4+;5-4-. The van der Waals surface area contributed by atoms with E-state index in [1.807, 2.05) is 48.6 Å². The molecule has 2 N–H and O–H groups in total. The summed E-state index contributed by atoms with van der Waals surface area (Å²) in [6.07, 6.45) is 7.01. The molecular formula is C20H22I2O4. The van der Waals surface area contributed by atoms with Crippen LogP contribution in [0.15, 0.2) is 48.9 Å². The molecule has 2 rings (SSSR count). The first kappa shape index (κ1) is 22.9. The second kappa shape index (κ2) is 13.1. The fourth-order valence-corrected chi connectivity index (χ4v) is 3.30. The first-order chi connectivity index (χ1) is 12.5. The molecule has 0 aliphatic carbocycles. The normalized spacial score (nSPS) is 10.7. The van der Waals surface area contributed by atoms with Gasteiger partial charge in [-0.25, -0.2) is 0 Å². The zero-order valence-corrected chi connectivity index (χ0v) is 19.0. The van der Waals surface area contributed by atoms with Crippen LogP contribution < -0.4 is 0 Å². The van der Waals surface area contributed by atoms with Crippen molar-refractivity contribution in [2.45, 2.75) is 13.2 Å². The van der Waals surface area contributed by atoms with Crippen molar-refractivity contribution in [3.63, 3.8) is 0 Å². The van der Waals surface area contributed by atoms with E-state index in [1.165, 1.54) is 0 Å². The Morgan fingerprint density at radius 1 is 0.769 bits per heavy atom. The lowest BCUT2D eigenvalue weighted by atomic mass is 10.1. The smallest absolute Gasteiger partial charge is 0.0830 e. The van der Waals surface area contributed by atoms with Gasteiger partial charge in [0.05, 0.1) is 40.0 Å². The minimum absolute atomic E-state index is 0.0898. The number of halogens is 2. The van der Waals surface area contributed by atoms with E-state index >= 15 is 0 Å². The minimum Gasteiger partial charge on any atom is -0.504 e. The Morgan fingerprint density at radius 2 is 1.15 bits per heavy atom. The van der Waals surface area contributed by atoms with Crippen molar-refractivity contribution >= 4 is 57.3 Å². The molecular weight excluding hydrogens is 558 g/mol. The summed E-state index contributed by atoms with van der Waals surface area (Å²) in [6, 6.07) is 11.7. The Hall–Kier alpha value is -1.10. The van der Waals surface area contributed by atoms with Crippen molar-refractivity contribution in [2.24, 2.45) is 0 Å². The van der Waals surface area contributed by atoms with Gasteiger partial charge in [-0.3, -0.25) is 0 Å². The molecule has 2 aromatic carbocycles. The summed E-state index contributed by atoms with van der Waals surface area (Å²) >= 11 is 4.41. The number of hydrogen-bond donors (Lipinski definition) is 2. The first-order valence-electron chi connectivity index (χ1n) is 7.73. The van der Waals surface area contributed by atoms with E-state index in [0.717, 1.165) is 29.4 Å². The number of ether oxygens (including phenoxy) is 2. The molecule has 0 bridgehead atoms. The summed E-state index contributed by atoms with van der Waals surface area (Å²) < 4.78 is 11.8. The predicted molar refractivity (Wildman–Crippen MR) is 122 cm³/mol. The fraction of sp³-hybridized carbons (Fsp3) is 0.200. The van der Waals surface area contributed by atoms with E-state index in [2.05, 4.69) is 45.2 Å². The van der Waals surface area contributed by atoms with E-state index in [-0.39, 0.29) is 13.2 Å². The van der Waals surface area contributed by atoms with Gasteiger partial charge in [0.2, 0.25) is 0 Å². The monoisotopic (exact) mass is 580 g/mol. The van der Waals surface area contributed by atoms with Gasteiger partial charge in [0.1, 0.15) is 0 Å². The van der Waals surface area contributed by atoms with E-state index in [9.17, 15) is 0 Å². The molecule has 0 aromatic heterocycles. The van der Waals surface area contributed by atoms with Gasteiger partial charge < -0.3 is 19.7 Å². The molecule has 0 aliphatic heterocycles. The highest BCUT2D eigenvalue weighted by Gasteiger charge is 1.98. The van der Waals surface area contributed by atoms with Gasteiger partial charge in [0, 0.05) is 7.14 Å². The average Bonchev–Trinajstić information content (AvgIpc) is 2.65. The van der Waals surface area contributed by atoms with Crippen LogP contribution in [0, 0.1) is 7.14 Å². The average molecular weight is 580 g/mol. The van der Waals surface area contributed by atoms with Crippen molar-refractivity contribution in [3.8, 4) is 0 Å². The Morgan fingerprint density at radius 3 is 1.42 bits per heavy atom. The summed E-state index contributed by atoms with van der Waals surface area (Å²) in [5.74, 6) is 0. The third-order valence-corrected chi connectivity index (χ3v) is 5.30. The van der Waals surface area contributed by atoms with Gasteiger partial charge in [-0.05, 0) is 91.7 Å². The van der Waals surface area contributed by atoms with Crippen LogP contribution in [0.25, 0.3) is 12.2 Å². The van der Waals surface area contributed by atoms with Crippen LogP contribution in [0.1, 0.15) is 22.3 Å². The summed E-state index contributed by atoms with van der Waals surface area (Å²) in [4.78, 5) is 0. The summed E-state index contributed by atoms with van der Waals surface area (Å²) in [7, 11) is 3.23. The van der Waals surface area contributed by atoms with Crippen molar-refractivity contribution in [1.29, 1.82) is 0 Å². The molecule has 0 atom stereocenters. The Bertz CT molecular complexity index is 679. The topological polar surface area (TPSA) is 58.9 Å². The third kappa shape index (κ3) is 8.07. The number of benzene rings is 2. The van der Waals surface area contributed by atoms with Crippen LogP contribution in [-0.2, 0) is 22.7 Å². The van der Waals surface area contributed by atoms with Gasteiger partial charge in [-0.2, -0.15) is 0 Å². The SMILES string of the molecule is CO/C=C/c1ccc(CO)c(I)c1.CO/C=C\c1ccc(CO)c(I)c1. The maximum Gasteiger partial charge on any atom is 0.0830 e. The van der Waals surface area contributed by atoms with Crippen LogP contribution in [-0.4, -0.2) is 24.4 Å². The second-order valence-electron chi connectivity index (χ2n) is 5.09. The zero-order valence-electron chi connectivity index (χ0n) is 14.7. The number of hydrogen-bond acceptors (Lipinski definition) is 4. The van der Waals surface area contributed by atoms with Crippen molar-refractivity contribution < 1.29 is 19.7 Å². The molecule has 0 aliphatic rings. The Balaban J connectivity index is 0.000000260. The lowest BCUT2D eigenvalue weighted by Crippen LogP contribution is -1.88. The Kier molecular flexibility index (Phi) is 11.6. The van der Waals surface area contributed by atoms with Gasteiger partial charge in [-0.1, -0.05) is 24.3 Å². The van der Waals surface area contributed by atoms with E-state index in [1.54, 1.807) is 26.7 Å². The summed E-state index contributed by atoms with van der Waals surface area (Å²) in [5, 5.41) is 17.9. The second-order valence-corrected chi connectivity index (χ2v) is 7.42. The van der Waals surface area contributed by atoms with E-state index in [4.69, 9.17) is 19.7 Å². The van der Waals surface area contributed by atoms with Crippen LogP contribution in [0.4, 0.5) is 0 Å².